The Balaban J connectivity index is 1.93. The number of likely N-dealkylation sites (N-methyl/N-ethyl adjacent to an activating group) is 1. The van der Waals surface area contributed by atoms with Gasteiger partial charge in [0.15, 0.2) is 0 Å². The molecule has 2 N–H and O–H groups in total. The second kappa shape index (κ2) is 10.6. The monoisotopic (exact) mass is 324 g/mol. The second-order valence-corrected chi connectivity index (χ2v) is 6.15. The Kier molecular flexibility index (Phi) is 8.05. The number of hydrogen-bond donors (Lipinski definition) is 2. The number of carbonyl (C=O) groups is 1. The molecule has 128 valence electrons. The van der Waals surface area contributed by atoms with Crippen LogP contribution in [-0.4, -0.2) is 25.5 Å². The Morgan fingerprint density at radius 2 is 1.42 bits per heavy atom. The fraction of sp³-hybridized carbons (Fsp3) is 0.381. The van der Waals surface area contributed by atoms with Crippen molar-refractivity contribution in [3.05, 3.63) is 71.8 Å². The summed E-state index contributed by atoms with van der Waals surface area (Å²) in [7, 11) is 0. The van der Waals surface area contributed by atoms with Crippen LogP contribution in [0, 0.1) is 5.92 Å². The predicted octanol–water partition coefficient (Wildman–Crippen LogP) is 3.20. The van der Waals surface area contributed by atoms with Crippen molar-refractivity contribution in [3.63, 3.8) is 0 Å². The van der Waals surface area contributed by atoms with Crippen molar-refractivity contribution in [1.82, 2.24) is 10.6 Å². The maximum Gasteiger partial charge on any atom is 0.220 e. The molecule has 0 spiro atoms. The molecule has 0 radical (unpaired) electrons. The number of hydrogen-bond acceptors (Lipinski definition) is 2. The molecule has 0 saturated heterocycles. The van der Waals surface area contributed by atoms with Gasteiger partial charge in [-0.25, -0.2) is 0 Å². The fourth-order valence-electron chi connectivity index (χ4n) is 2.91. The van der Waals surface area contributed by atoms with Gasteiger partial charge in [0.05, 0.1) is 0 Å². The Morgan fingerprint density at radius 3 is 1.92 bits per heavy atom. The van der Waals surface area contributed by atoms with E-state index in [9.17, 15) is 4.79 Å². The van der Waals surface area contributed by atoms with Crippen molar-refractivity contribution in [2.24, 2.45) is 5.92 Å². The Hall–Kier alpha value is -2.13. The summed E-state index contributed by atoms with van der Waals surface area (Å²) in [6.45, 7) is 4.51. The zero-order chi connectivity index (χ0) is 17.0. The predicted molar refractivity (Wildman–Crippen MR) is 100.0 cm³/mol. The minimum Gasteiger partial charge on any atom is -0.355 e. The summed E-state index contributed by atoms with van der Waals surface area (Å²) < 4.78 is 0. The lowest BCUT2D eigenvalue weighted by Gasteiger charge is -2.17. The first kappa shape index (κ1) is 18.2. The van der Waals surface area contributed by atoms with Gasteiger partial charge in [0.25, 0.3) is 0 Å². The highest BCUT2D eigenvalue weighted by molar-refractivity contribution is 5.76. The second-order valence-electron chi connectivity index (χ2n) is 6.15. The van der Waals surface area contributed by atoms with Crippen LogP contribution in [0.25, 0.3) is 0 Å². The standard InChI is InChI=1S/C21H28N2O/c1-2-22-13-14-23-21(24)17-20(15-18-9-5-3-6-10-18)16-19-11-7-4-8-12-19/h3-12,20,22H,2,13-17H2,1H3,(H,23,24). The van der Waals surface area contributed by atoms with E-state index in [1.807, 2.05) is 12.1 Å². The number of nitrogens with one attached hydrogen (secondary N) is 2. The van der Waals surface area contributed by atoms with E-state index in [0.29, 0.717) is 18.9 Å². The lowest BCUT2D eigenvalue weighted by atomic mass is 9.89. The van der Waals surface area contributed by atoms with E-state index < -0.39 is 0 Å². The lowest BCUT2D eigenvalue weighted by Crippen LogP contribution is -2.33. The van der Waals surface area contributed by atoms with Crippen LogP contribution in [0.4, 0.5) is 0 Å². The average Bonchev–Trinajstić information content (AvgIpc) is 2.60. The summed E-state index contributed by atoms with van der Waals surface area (Å²) in [6.07, 6.45) is 2.42. The van der Waals surface area contributed by atoms with Crippen molar-refractivity contribution in [1.29, 1.82) is 0 Å². The molecule has 2 rings (SSSR count). The molecule has 0 atom stereocenters. The van der Waals surface area contributed by atoms with Crippen LogP contribution in [0.3, 0.4) is 0 Å². The van der Waals surface area contributed by atoms with Gasteiger partial charge in [0.2, 0.25) is 5.91 Å². The molecular weight excluding hydrogens is 296 g/mol. The maximum atomic E-state index is 12.3. The van der Waals surface area contributed by atoms with Crippen molar-refractivity contribution < 1.29 is 4.79 Å². The van der Waals surface area contributed by atoms with Crippen molar-refractivity contribution in [2.45, 2.75) is 26.2 Å². The molecule has 3 heteroatoms. The molecule has 3 nitrogen and oxygen atoms in total. The third kappa shape index (κ3) is 6.97. The molecule has 2 aromatic carbocycles. The molecule has 1 amide bonds. The van der Waals surface area contributed by atoms with E-state index in [0.717, 1.165) is 25.9 Å². The van der Waals surface area contributed by atoms with E-state index in [4.69, 9.17) is 0 Å². The molecule has 0 aromatic heterocycles. The smallest absolute Gasteiger partial charge is 0.220 e. The molecule has 24 heavy (non-hydrogen) atoms. The molecule has 0 aliphatic carbocycles. The zero-order valence-electron chi connectivity index (χ0n) is 14.5. The van der Waals surface area contributed by atoms with E-state index in [-0.39, 0.29) is 5.91 Å². The zero-order valence-corrected chi connectivity index (χ0v) is 14.5. The number of rotatable bonds is 10. The fourth-order valence-corrected chi connectivity index (χ4v) is 2.91. The Labute approximate surface area is 145 Å². The van der Waals surface area contributed by atoms with E-state index in [1.54, 1.807) is 0 Å². The first-order valence-electron chi connectivity index (χ1n) is 8.83. The minimum absolute atomic E-state index is 0.143. The van der Waals surface area contributed by atoms with Gasteiger partial charge < -0.3 is 10.6 Å². The molecule has 0 fully saturated rings. The van der Waals surface area contributed by atoms with Gasteiger partial charge in [-0.05, 0) is 36.4 Å². The van der Waals surface area contributed by atoms with Crippen LogP contribution < -0.4 is 10.6 Å². The molecule has 0 bridgehead atoms. The highest BCUT2D eigenvalue weighted by atomic mass is 16.1. The van der Waals surface area contributed by atoms with Crippen LogP contribution in [0.5, 0.6) is 0 Å². The van der Waals surface area contributed by atoms with Crippen molar-refractivity contribution in [2.75, 3.05) is 19.6 Å². The molecule has 0 aliphatic rings. The van der Waals surface area contributed by atoms with Crippen LogP contribution in [-0.2, 0) is 17.6 Å². The van der Waals surface area contributed by atoms with Crippen LogP contribution >= 0.6 is 0 Å². The topological polar surface area (TPSA) is 41.1 Å². The van der Waals surface area contributed by atoms with E-state index in [1.165, 1.54) is 11.1 Å². The Morgan fingerprint density at radius 1 is 0.875 bits per heavy atom. The van der Waals surface area contributed by atoms with Gasteiger partial charge in [-0.15, -0.1) is 0 Å². The molecule has 0 unspecified atom stereocenters. The van der Waals surface area contributed by atoms with Gasteiger partial charge in [-0.1, -0.05) is 67.6 Å². The van der Waals surface area contributed by atoms with Crippen LogP contribution in [0.15, 0.2) is 60.7 Å². The first-order valence-corrected chi connectivity index (χ1v) is 8.83. The average molecular weight is 324 g/mol. The molecule has 0 aliphatic heterocycles. The van der Waals surface area contributed by atoms with Gasteiger partial charge in [0, 0.05) is 19.5 Å². The SMILES string of the molecule is CCNCCNC(=O)CC(Cc1ccccc1)Cc1ccccc1. The van der Waals surface area contributed by atoms with Gasteiger partial charge in [0.1, 0.15) is 0 Å². The van der Waals surface area contributed by atoms with Crippen LogP contribution in [0.2, 0.25) is 0 Å². The third-order valence-corrected chi connectivity index (χ3v) is 4.08. The third-order valence-electron chi connectivity index (χ3n) is 4.08. The van der Waals surface area contributed by atoms with Crippen LogP contribution in [0.1, 0.15) is 24.5 Å². The number of amides is 1. The normalized spacial score (nSPS) is 10.8. The van der Waals surface area contributed by atoms with Gasteiger partial charge in [-0.2, -0.15) is 0 Å². The molecule has 0 heterocycles. The summed E-state index contributed by atoms with van der Waals surface area (Å²) in [5.41, 5.74) is 2.58. The Bertz CT molecular complexity index is 542. The number of carbonyl (C=O) groups excluding carboxylic acids is 1. The molecular formula is C21H28N2O. The van der Waals surface area contributed by atoms with Crippen molar-refractivity contribution >= 4 is 5.91 Å². The summed E-state index contributed by atoms with van der Waals surface area (Å²) in [4.78, 5) is 12.3. The van der Waals surface area contributed by atoms with E-state index in [2.05, 4.69) is 66.1 Å². The quantitative estimate of drug-likeness (QED) is 0.659. The van der Waals surface area contributed by atoms with Gasteiger partial charge >= 0.3 is 0 Å². The summed E-state index contributed by atoms with van der Waals surface area (Å²) in [5, 5.41) is 6.24. The number of benzene rings is 2. The highest BCUT2D eigenvalue weighted by Gasteiger charge is 2.15. The summed E-state index contributed by atoms with van der Waals surface area (Å²) in [6, 6.07) is 20.9. The summed E-state index contributed by atoms with van der Waals surface area (Å²) >= 11 is 0. The largest absolute Gasteiger partial charge is 0.355 e. The maximum absolute atomic E-state index is 12.3. The van der Waals surface area contributed by atoms with Crippen molar-refractivity contribution in [3.8, 4) is 0 Å². The first-order chi connectivity index (χ1) is 11.8. The molecule has 0 saturated carbocycles. The summed E-state index contributed by atoms with van der Waals surface area (Å²) in [5.74, 6) is 0.457. The minimum atomic E-state index is 0.143. The van der Waals surface area contributed by atoms with Gasteiger partial charge in [-0.3, -0.25) is 4.79 Å². The lowest BCUT2D eigenvalue weighted by molar-refractivity contribution is -0.121. The highest BCUT2D eigenvalue weighted by Crippen LogP contribution is 2.18. The molecule has 2 aromatic rings. The van der Waals surface area contributed by atoms with E-state index >= 15 is 0 Å².